The Hall–Kier alpha value is -2.08. The van der Waals surface area contributed by atoms with Crippen LogP contribution >= 0.6 is 0 Å². The first-order chi connectivity index (χ1) is 9.60. The van der Waals surface area contributed by atoms with E-state index in [0.717, 1.165) is 16.9 Å². The van der Waals surface area contributed by atoms with Crippen LogP contribution in [0.4, 0.5) is 16.2 Å². The number of rotatable bonds is 2. The molecule has 2 N–H and O–H groups in total. The highest BCUT2D eigenvalue weighted by atomic mass is 16.6. The maximum Gasteiger partial charge on any atom is 0.414 e. The van der Waals surface area contributed by atoms with Gasteiger partial charge in [0.1, 0.15) is 6.10 Å². The fourth-order valence-corrected chi connectivity index (χ4v) is 2.67. The number of cyclic esters (lactones) is 1. The molecule has 2 aliphatic heterocycles. The van der Waals surface area contributed by atoms with Crippen LogP contribution in [0.15, 0.2) is 18.2 Å². The summed E-state index contributed by atoms with van der Waals surface area (Å²) in [6.07, 6.45) is 0.599. The van der Waals surface area contributed by atoms with E-state index in [4.69, 9.17) is 10.5 Å². The fraction of sp³-hybridized carbons (Fsp3) is 0.429. The Morgan fingerprint density at radius 3 is 2.85 bits per heavy atom. The average Bonchev–Trinajstić information content (AvgIpc) is 2.84. The minimum absolute atomic E-state index is 0.119. The second-order valence-corrected chi connectivity index (χ2v) is 5.12. The molecule has 3 rings (SSSR count). The number of fused-ring (bicyclic) bond motifs is 1. The highest BCUT2D eigenvalue weighted by molar-refractivity contribution is 5.97. The van der Waals surface area contributed by atoms with Crippen LogP contribution in [0.25, 0.3) is 0 Å². The van der Waals surface area contributed by atoms with E-state index in [0.29, 0.717) is 25.9 Å². The van der Waals surface area contributed by atoms with Gasteiger partial charge in [-0.15, -0.1) is 0 Å². The summed E-state index contributed by atoms with van der Waals surface area (Å²) in [6.45, 7) is 0.799. The molecule has 1 aromatic rings. The van der Waals surface area contributed by atoms with Crippen molar-refractivity contribution in [2.75, 3.05) is 29.9 Å². The zero-order valence-electron chi connectivity index (χ0n) is 11.3. The minimum atomic E-state index is -0.361. The van der Waals surface area contributed by atoms with Crippen molar-refractivity contribution in [1.82, 2.24) is 0 Å². The number of aryl methyl sites for hydroxylation is 1. The van der Waals surface area contributed by atoms with E-state index in [1.165, 1.54) is 0 Å². The first-order valence-electron chi connectivity index (χ1n) is 6.68. The third-order valence-electron chi connectivity index (χ3n) is 3.86. The molecule has 1 aromatic carbocycles. The molecule has 0 bridgehead atoms. The molecule has 6 heteroatoms. The Morgan fingerprint density at radius 1 is 1.35 bits per heavy atom. The second-order valence-electron chi connectivity index (χ2n) is 5.12. The topological polar surface area (TPSA) is 75.9 Å². The van der Waals surface area contributed by atoms with Gasteiger partial charge in [0.2, 0.25) is 5.91 Å². The maximum absolute atomic E-state index is 11.8. The Balaban J connectivity index is 1.90. The van der Waals surface area contributed by atoms with Crippen molar-refractivity contribution in [2.45, 2.75) is 18.9 Å². The van der Waals surface area contributed by atoms with Gasteiger partial charge in [-0.3, -0.25) is 9.69 Å². The smallest absolute Gasteiger partial charge is 0.414 e. The van der Waals surface area contributed by atoms with Crippen LogP contribution in [0.5, 0.6) is 0 Å². The maximum atomic E-state index is 11.8. The van der Waals surface area contributed by atoms with E-state index in [-0.39, 0.29) is 18.1 Å². The summed E-state index contributed by atoms with van der Waals surface area (Å²) in [4.78, 5) is 26.7. The van der Waals surface area contributed by atoms with Crippen molar-refractivity contribution in [1.29, 1.82) is 0 Å². The van der Waals surface area contributed by atoms with Crippen LogP contribution in [-0.4, -0.2) is 38.2 Å². The van der Waals surface area contributed by atoms with Gasteiger partial charge in [-0.1, -0.05) is 0 Å². The number of nitrogens with two attached hydrogens (primary N) is 1. The molecule has 1 atom stereocenters. The van der Waals surface area contributed by atoms with Crippen LogP contribution in [-0.2, 0) is 16.0 Å². The first-order valence-corrected chi connectivity index (χ1v) is 6.68. The zero-order valence-corrected chi connectivity index (χ0v) is 11.3. The molecule has 1 saturated heterocycles. The molecule has 2 amide bonds. The Morgan fingerprint density at radius 2 is 2.15 bits per heavy atom. The molecule has 20 heavy (non-hydrogen) atoms. The van der Waals surface area contributed by atoms with Crippen molar-refractivity contribution in [3.63, 3.8) is 0 Å². The number of carbonyl (C=O) groups is 2. The summed E-state index contributed by atoms with van der Waals surface area (Å²) in [5.74, 6) is 0.119. The van der Waals surface area contributed by atoms with Gasteiger partial charge in [-0.2, -0.15) is 0 Å². The van der Waals surface area contributed by atoms with Gasteiger partial charge in [-0.05, 0) is 30.2 Å². The summed E-state index contributed by atoms with van der Waals surface area (Å²) in [5, 5.41) is 0. The molecule has 1 fully saturated rings. The molecule has 0 spiro atoms. The average molecular weight is 275 g/mol. The number of carbonyl (C=O) groups excluding carboxylic acids is 2. The molecule has 106 valence electrons. The van der Waals surface area contributed by atoms with Crippen molar-refractivity contribution >= 4 is 23.4 Å². The SMILES string of the molecule is CN1C(=O)CCc2cc(N3CC(CN)OC3=O)ccc21. The molecular weight excluding hydrogens is 258 g/mol. The standard InChI is InChI=1S/C14H17N3O3/c1-16-12-4-3-10(6-9(12)2-5-13(16)18)17-8-11(7-15)20-14(17)19/h3-4,6,11H,2,5,7-8,15H2,1H3. The lowest BCUT2D eigenvalue weighted by molar-refractivity contribution is -0.118. The van der Waals surface area contributed by atoms with E-state index in [9.17, 15) is 9.59 Å². The van der Waals surface area contributed by atoms with Crippen LogP contribution in [0.3, 0.4) is 0 Å². The van der Waals surface area contributed by atoms with E-state index >= 15 is 0 Å². The van der Waals surface area contributed by atoms with Crippen LogP contribution in [0.2, 0.25) is 0 Å². The summed E-state index contributed by atoms with van der Waals surface area (Å²) < 4.78 is 5.16. The minimum Gasteiger partial charge on any atom is -0.443 e. The number of ether oxygens (including phenoxy) is 1. The summed E-state index contributed by atoms with van der Waals surface area (Å²) in [7, 11) is 1.77. The number of hydrogen-bond acceptors (Lipinski definition) is 4. The molecule has 0 aliphatic carbocycles. The zero-order chi connectivity index (χ0) is 14.3. The third kappa shape index (κ3) is 2.02. The molecule has 0 aromatic heterocycles. The van der Waals surface area contributed by atoms with E-state index in [2.05, 4.69) is 0 Å². The number of benzene rings is 1. The third-order valence-corrected chi connectivity index (χ3v) is 3.86. The predicted octanol–water partition coefficient (Wildman–Crippen LogP) is 0.879. The molecule has 0 saturated carbocycles. The van der Waals surface area contributed by atoms with Crippen molar-refractivity contribution < 1.29 is 14.3 Å². The molecule has 2 aliphatic rings. The lowest BCUT2D eigenvalue weighted by Gasteiger charge is -2.27. The molecule has 6 nitrogen and oxygen atoms in total. The largest absolute Gasteiger partial charge is 0.443 e. The first kappa shape index (κ1) is 12.9. The van der Waals surface area contributed by atoms with Crippen LogP contribution < -0.4 is 15.5 Å². The summed E-state index contributed by atoms with van der Waals surface area (Å²) in [6, 6.07) is 5.68. The second kappa shape index (κ2) is 4.79. The van der Waals surface area contributed by atoms with Gasteiger partial charge in [0, 0.05) is 31.4 Å². The van der Waals surface area contributed by atoms with Crippen molar-refractivity contribution in [3.8, 4) is 0 Å². The normalized spacial score (nSPS) is 22.0. The van der Waals surface area contributed by atoms with Crippen molar-refractivity contribution in [2.24, 2.45) is 5.73 Å². The molecule has 1 unspecified atom stereocenters. The van der Waals surface area contributed by atoms with Crippen LogP contribution in [0, 0.1) is 0 Å². The number of anilines is 2. The van der Waals surface area contributed by atoms with Gasteiger partial charge < -0.3 is 15.4 Å². The van der Waals surface area contributed by atoms with Gasteiger partial charge >= 0.3 is 6.09 Å². The quantitative estimate of drug-likeness (QED) is 0.869. The van der Waals surface area contributed by atoms with E-state index < -0.39 is 0 Å². The lowest BCUT2D eigenvalue weighted by atomic mass is 10.0. The molecule has 2 heterocycles. The fourth-order valence-electron chi connectivity index (χ4n) is 2.67. The van der Waals surface area contributed by atoms with Crippen molar-refractivity contribution in [3.05, 3.63) is 23.8 Å². The van der Waals surface area contributed by atoms with Gasteiger partial charge in [-0.25, -0.2) is 4.79 Å². The summed E-state index contributed by atoms with van der Waals surface area (Å²) >= 11 is 0. The van der Waals surface area contributed by atoms with Gasteiger partial charge in [0.05, 0.1) is 6.54 Å². The van der Waals surface area contributed by atoms with Gasteiger partial charge in [0.15, 0.2) is 0 Å². The van der Waals surface area contributed by atoms with Gasteiger partial charge in [0.25, 0.3) is 0 Å². The predicted molar refractivity (Wildman–Crippen MR) is 74.8 cm³/mol. The molecule has 0 radical (unpaired) electrons. The van der Waals surface area contributed by atoms with Crippen LogP contribution in [0.1, 0.15) is 12.0 Å². The number of amides is 2. The summed E-state index contributed by atoms with van der Waals surface area (Å²) in [5.41, 5.74) is 8.32. The monoisotopic (exact) mass is 275 g/mol. The lowest BCUT2D eigenvalue weighted by Crippen LogP contribution is -2.32. The number of hydrogen-bond donors (Lipinski definition) is 1. The highest BCUT2D eigenvalue weighted by Gasteiger charge is 2.32. The van der Waals surface area contributed by atoms with E-state index in [1.807, 2.05) is 18.2 Å². The Kier molecular flexibility index (Phi) is 3.10. The Labute approximate surface area is 117 Å². The Bertz CT molecular complexity index is 573. The highest BCUT2D eigenvalue weighted by Crippen LogP contribution is 2.32. The van der Waals surface area contributed by atoms with E-state index in [1.54, 1.807) is 16.8 Å². The molecular formula is C14H17N3O3. The number of nitrogens with zero attached hydrogens (tertiary/aromatic N) is 2.